The molecule has 0 radical (unpaired) electrons. The average Bonchev–Trinajstić information content (AvgIpc) is 3.00. The summed E-state index contributed by atoms with van der Waals surface area (Å²) in [4.78, 5) is 24.0. The molecule has 2 N–H and O–H groups in total. The summed E-state index contributed by atoms with van der Waals surface area (Å²) >= 11 is 3.18. The molecule has 8 heteroatoms. The molecule has 2 amide bonds. The third-order valence-electron chi connectivity index (χ3n) is 3.13. The van der Waals surface area contributed by atoms with Crippen LogP contribution in [0.25, 0.3) is 0 Å². The molecule has 0 spiro atoms. The molecule has 1 aromatic heterocycles. The van der Waals surface area contributed by atoms with Gasteiger partial charge >= 0.3 is 6.09 Å². The minimum atomic E-state index is -0.818. The highest BCUT2D eigenvalue weighted by molar-refractivity contribution is 9.10. The maximum atomic E-state index is 12.3. The average molecular weight is 408 g/mol. The molecule has 132 valence electrons. The van der Waals surface area contributed by atoms with E-state index < -0.39 is 18.0 Å². The van der Waals surface area contributed by atoms with Crippen molar-refractivity contribution in [3.8, 4) is 0 Å². The van der Waals surface area contributed by atoms with Crippen LogP contribution in [0, 0.1) is 0 Å². The van der Waals surface area contributed by atoms with Crippen LogP contribution in [0.5, 0.6) is 0 Å². The van der Waals surface area contributed by atoms with Gasteiger partial charge in [0, 0.05) is 6.42 Å². The second-order valence-corrected chi connectivity index (χ2v) is 5.76. The lowest BCUT2D eigenvalue weighted by molar-refractivity contribution is -0.123. The molecule has 0 saturated heterocycles. The Labute approximate surface area is 153 Å². The van der Waals surface area contributed by atoms with Gasteiger partial charge in [-0.1, -0.05) is 30.3 Å². The summed E-state index contributed by atoms with van der Waals surface area (Å²) in [6.07, 6.45) is 1.03. The Hall–Kier alpha value is -2.61. The SMILES string of the molecule is CCOC(=O)N[C@H](Cc1ccccc1)C(=O)N/N=C\c1ccc(Br)o1. The maximum Gasteiger partial charge on any atom is 0.407 e. The zero-order chi connectivity index (χ0) is 18.1. The number of nitrogens with zero attached hydrogens (tertiary/aromatic N) is 1. The fourth-order valence-electron chi connectivity index (χ4n) is 2.01. The first-order valence-electron chi connectivity index (χ1n) is 7.64. The second kappa shape index (κ2) is 9.63. The van der Waals surface area contributed by atoms with E-state index in [9.17, 15) is 9.59 Å². The lowest BCUT2D eigenvalue weighted by Crippen LogP contribution is -2.47. The quantitative estimate of drug-likeness (QED) is 0.544. The van der Waals surface area contributed by atoms with E-state index in [1.807, 2.05) is 30.3 Å². The number of amides is 2. The number of nitrogens with one attached hydrogen (secondary N) is 2. The van der Waals surface area contributed by atoms with E-state index in [0.717, 1.165) is 5.56 Å². The molecule has 0 bridgehead atoms. The Morgan fingerprint density at radius 3 is 2.68 bits per heavy atom. The van der Waals surface area contributed by atoms with E-state index in [-0.39, 0.29) is 6.61 Å². The number of rotatable bonds is 7. The zero-order valence-electron chi connectivity index (χ0n) is 13.6. The number of hydrogen-bond acceptors (Lipinski definition) is 5. The van der Waals surface area contributed by atoms with E-state index in [0.29, 0.717) is 16.9 Å². The first kappa shape index (κ1) is 18.7. The highest BCUT2D eigenvalue weighted by Gasteiger charge is 2.21. The van der Waals surface area contributed by atoms with Crippen molar-refractivity contribution in [3.05, 3.63) is 58.5 Å². The first-order valence-corrected chi connectivity index (χ1v) is 8.43. The van der Waals surface area contributed by atoms with Gasteiger partial charge in [-0.15, -0.1) is 0 Å². The number of halogens is 1. The van der Waals surface area contributed by atoms with Gasteiger partial charge < -0.3 is 14.5 Å². The van der Waals surface area contributed by atoms with Crippen molar-refractivity contribution in [1.82, 2.24) is 10.7 Å². The van der Waals surface area contributed by atoms with E-state index in [4.69, 9.17) is 9.15 Å². The Bertz CT molecular complexity index is 731. The number of alkyl carbamates (subject to hydrolysis) is 1. The van der Waals surface area contributed by atoms with Crippen LogP contribution in [0.1, 0.15) is 18.2 Å². The molecule has 0 unspecified atom stereocenters. The first-order chi connectivity index (χ1) is 12.1. The Morgan fingerprint density at radius 2 is 2.04 bits per heavy atom. The summed E-state index contributed by atoms with van der Waals surface area (Å²) in [6, 6.07) is 11.9. The molecule has 0 aliphatic heterocycles. The van der Waals surface area contributed by atoms with Crippen LogP contribution in [-0.4, -0.2) is 30.9 Å². The number of hydrazone groups is 1. The summed E-state index contributed by atoms with van der Waals surface area (Å²) in [5.41, 5.74) is 3.29. The highest BCUT2D eigenvalue weighted by atomic mass is 79.9. The third-order valence-corrected chi connectivity index (χ3v) is 3.55. The monoisotopic (exact) mass is 407 g/mol. The van der Waals surface area contributed by atoms with Crippen molar-refractivity contribution in [3.63, 3.8) is 0 Å². The van der Waals surface area contributed by atoms with Crippen LogP contribution < -0.4 is 10.7 Å². The smallest absolute Gasteiger partial charge is 0.407 e. The molecule has 1 aromatic carbocycles. The third kappa shape index (κ3) is 6.42. The molecular formula is C17H18BrN3O4. The predicted octanol–water partition coefficient (Wildman–Crippen LogP) is 2.85. The van der Waals surface area contributed by atoms with E-state index in [1.54, 1.807) is 19.1 Å². The van der Waals surface area contributed by atoms with Crippen molar-refractivity contribution in [2.45, 2.75) is 19.4 Å². The van der Waals surface area contributed by atoms with Crippen molar-refractivity contribution in [2.75, 3.05) is 6.61 Å². The van der Waals surface area contributed by atoms with Crippen LogP contribution in [0.15, 0.2) is 56.7 Å². The van der Waals surface area contributed by atoms with Gasteiger partial charge in [0.05, 0.1) is 12.8 Å². The number of hydrogen-bond donors (Lipinski definition) is 2. The topological polar surface area (TPSA) is 92.9 Å². The van der Waals surface area contributed by atoms with Crippen LogP contribution in [-0.2, 0) is 16.0 Å². The largest absolute Gasteiger partial charge is 0.450 e. The summed E-state index contributed by atoms with van der Waals surface area (Å²) < 4.78 is 10.7. The van der Waals surface area contributed by atoms with E-state index in [2.05, 4.69) is 31.8 Å². The Balaban J connectivity index is 2.00. The molecule has 1 atom stereocenters. The molecular weight excluding hydrogens is 390 g/mol. The minimum Gasteiger partial charge on any atom is -0.450 e. The molecule has 0 aliphatic carbocycles. The van der Waals surface area contributed by atoms with Gasteiger partial charge in [-0.2, -0.15) is 5.10 Å². The lowest BCUT2D eigenvalue weighted by atomic mass is 10.1. The van der Waals surface area contributed by atoms with Crippen molar-refractivity contribution in [1.29, 1.82) is 0 Å². The summed E-state index contributed by atoms with van der Waals surface area (Å²) in [5, 5.41) is 6.38. The van der Waals surface area contributed by atoms with Gasteiger partial charge in [-0.05, 0) is 40.5 Å². The molecule has 25 heavy (non-hydrogen) atoms. The van der Waals surface area contributed by atoms with Crippen molar-refractivity contribution >= 4 is 34.1 Å². The van der Waals surface area contributed by atoms with Crippen molar-refractivity contribution in [2.24, 2.45) is 5.10 Å². The van der Waals surface area contributed by atoms with E-state index in [1.165, 1.54) is 6.21 Å². The van der Waals surface area contributed by atoms with Gasteiger partial charge in [-0.25, -0.2) is 10.2 Å². The number of carbonyl (C=O) groups is 2. The van der Waals surface area contributed by atoms with Crippen LogP contribution in [0.4, 0.5) is 4.79 Å². The molecule has 1 heterocycles. The normalized spacial score (nSPS) is 11.9. The fourth-order valence-corrected chi connectivity index (χ4v) is 2.33. The Morgan fingerprint density at radius 1 is 1.28 bits per heavy atom. The molecule has 0 aliphatic rings. The zero-order valence-corrected chi connectivity index (χ0v) is 15.2. The van der Waals surface area contributed by atoms with Crippen LogP contribution >= 0.6 is 15.9 Å². The number of ether oxygens (including phenoxy) is 1. The van der Waals surface area contributed by atoms with Gasteiger partial charge in [0.1, 0.15) is 11.8 Å². The standard InChI is InChI=1S/C17H18BrN3O4/c1-2-24-17(23)20-14(10-12-6-4-3-5-7-12)16(22)21-19-11-13-8-9-15(18)25-13/h3-9,11,14H,2,10H2,1H3,(H,20,23)(H,21,22)/b19-11-/t14-/m1/s1. The number of furan rings is 1. The maximum absolute atomic E-state index is 12.3. The second-order valence-electron chi connectivity index (χ2n) is 4.98. The van der Waals surface area contributed by atoms with Crippen molar-refractivity contribution < 1.29 is 18.7 Å². The van der Waals surface area contributed by atoms with Gasteiger partial charge in [0.2, 0.25) is 0 Å². The van der Waals surface area contributed by atoms with Gasteiger partial charge in [0.25, 0.3) is 5.91 Å². The summed E-state index contributed by atoms with van der Waals surface area (Å²) in [5.74, 6) is 0.0175. The predicted molar refractivity (Wildman–Crippen MR) is 96.2 cm³/mol. The van der Waals surface area contributed by atoms with Crippen LogP contribution in [0.2, 0.25) is 0 Å². The molecule has 2 aromatic rings. The molecule has 0 fully saturated rings. The summed E-state index contributed by atoms with van der Waals surface area (Å²) in [7, 11) is 0. The molecule has 7 nitrogen and oxygen atoms in total. The van der Waals surface area contributed by atoms with Gasteiger partial charge in [-0.3, -0.25) is 4.79 Å². The van der Waals surface area contributed by atoms with Gasteiger partial charge in [0.15, 0.2) is 4.67 Å². The minimum absolute atomic E-state index is 0.219. The highest BCUT2D eigenvalue weighted by Crippen LogP contribution is 2.12. The Kier molecular flexibility index (Phi) is 7.21. The fraction of sp³-hybridized carbons (Fsp3) is 0.235. The number of benzene rings is 1. The van der Waals surface area contributed by atoms with E-state index >= 15 is 0 Å². The number of carbonyl (C=O) groups excluding carboxylic acids is 2. The lowest BCUT2D eigenvalue weighted by Gasteiger charge is -2.16. The molecule has 0 saturated carbocycles. The molecule has 2 rings (SSSR count). The van der Waals surface area contributed by atoms with Crippen LogP contribution in [0.3, 0.4) is 0 Å². The summed E-state index contributed by atoms with van der Waals surface area (Å²) in [6.45, 7) is 1.91.